The minimum absolute atomic E-state index is 0.0770. The van der Waals surface area contributed by atoms with Gasteiger partial charge in [-0.3, -0.25) is 4.79 Å². The molecule has 232 valence electrons. The van der Waals surface area contributed by atoms with Gasteiger partial charge in [-0.1, -0.05) is 69.1 Å². The van der Waals surface area contributed by atoms with E-state index in [1.54, 1.807) is 6.07 Å². The number of aromatic nitrogens is 1. The van der Waals surface area contributed by atoms with Crippen LogP contribution in [0.25, 0.3) is 10.9 Å². The minimum atomic E-state index is -1.03. The number of hydrogen-bond donors (Lipinski definition) is 2. The summed E-state index contributed by atoms with van der Waals surface area (Å²) in [7, 11) is 0. The number of halogens is 1. The van der Waals surface area contributed by atoms with Crippen LogP contribution in [0.2, 0.25) is 5.02 Å². The van der Waals surface area contributed by atoms with Gasteiger partial charge in [0.2, 0.25) is 0 Å². The molecule has 7 heteroatoms. The Balaban J connectivity index is 1.44. The van der Waals surface area contributed by atoms with Crippen LogP contribution in [0.5, 0.6) is 5.75 Å². The Morgan fingerprint density at radius 3 is 2.36 bits per heavy atom. The molecule has 1 heterocycles. The fraction of sp³-hybridized carbons (Fsp3) is 0.405. The van der Waals surface area contributed by atoms with E-state index in [1.807, 2.05) is 31.2 Å². The highest BCUT2D eigenvalue weighted by Gasteiger charge is 2.24. The molecular weight excluding hydrogens is 572 g/mol. The summed E-state index contributed by atoms with van der Waals surface area (Å²) in [5.74, 6) is -0.0676. The molecule has 6 nitrogen and oxygen atoms in total. The highest BCUT2D eigenvalue weighted by molar-refractivity contribution is 6.30. The molecule has 0 saturated heterocycles. The summed E-state index contributed by atoms with van der Waals surface area (Å²) < 4.78 is 7.99. The van der Waals surface area contributed by atoms with Crippen molar-refractivity contribution < 1.29 is 19.4 Å². The number of benzene rings is 3. The van der Waals surface area contributed by atoms with Crippen molar-refractivity contribution in [3.8, 4) is 5.75 Å². The fourth-order valence-corrected chi connectivity index (χ4v) is 6.21. The van der Waals surface area contributed by atoms with Gasteiger partial charge in [-0.2, -0.15) is 0 Å². The van der Waals surface area contributed by atoms with E-state index in [2.05, 4.69) is 67.9 Å². The molecule has 2 atom stereocenters. The van der Waals surface area contributed by atoms with Crippen molar-refractivity contribution in [1.29, 1.82) is 0 Å². The predicted molar refractivity (Wildman–Crippen MR) is 177 cm³/mol. The molecule has 1 fully saturated rings. The molecule has 1 saturated carbocycles. The summed E-state index contributed by atoms with van der Waals surface area (Å²) in [6.45, 7) is 13.2. The molecule has 1 aliphatic carbocycles. The first-order valence-corrected chi connectivity index (χ1v) is 15.9. The number of carboxylic acid groups (broad SMARTS) is 1. The lowest BCUT2D eigenvalue weighted by Crippen LogP contribution is -2.26. The Bertz CT molecular complexity index is 1680. The van der Waals surface area contributed by atoms with Gasteiger partial charge in [0.1, 0.15) is 5.75 Å². The van der Waals surface area contributed by atoms with E-state index in [1.165, 1.54) is 31.7 Å². The number of rotatable bonds is 10. The van der Waals surface area contributed by atoms with E-state index in [9.17, 15) is 14.7 Å². The van der Waals surface area contributed by atoms with Crippen LogP contribution in [-0.2, 0) is 23.2 Å². The molecule has 0 radical (unpaired) electrons. The predicted octanol–water partition coefficient (Wildman–Crippen LogP) is 8.63. The summed E-state index contributed by atoms with van der Waals surface area (Å²) in [5, 5.41) is 14.1. The molecule has 5 rings (SSSR count). The zero-order valence-electron chi connectivity index (χ0n) is 26.5. The fourth-order valence-electron chi connectivity index (χ4n) is 5.97. The quantitative estimate of drug-likeness (QED) is 0.187. The Morgan fingerprint density at radius 2 is 1.75 bits per heavy atom. The van der Waals surface area contributed by atoms with E-state index >= 15 is 0 Å². The maximum Gasteiger partial charge on any atom is 0.344 e. The average Bonchev–Trinajstić information content (AvgIpc) is 3.19. The third kappa shape index (κ3) is 6.96. The van der Waals surface area contributed by atoms with Crippen molar-refractivity contribution in [2.45, 2.75) is 91.3 Å². The summed E-state index contributed by atoms with van der Waals surface area (Å²) in [6, 6.07) is 19.7. The van der Waals surface area contributed by atoms with E-state index in [0.717, 1.165) is 39.8 Å². The van der Waals surface area contributed by atoms with Gasteiger partial charge < -0.3 is 19.7 Å². The Hall–Kier alpha value is -3.77. The third-order valence-corrected chi connectivity index (χ3v) is 9.20. The summed E-state index contributed by atoms with van der Waals surface area (Å²) in [5.41, 5.74) is 7.36. The minimum Gasteiger partial charge on any atom is -0.479 e. The van der Waals surface area contributed by atoms with Crippen LogP contribution in [0.4, 0.5) is 0 Å². The summed E-state index contributed by atoms with van der Waals surface area (Å²) >= 11 is 6.43. The largest absolute Gasteiger partial charge is 0.479 e. The summed E-state index contributed by atoms with van der Waals surface area (Å²) in [6.07, 6.45) is 3.32. The van der Waals surface area contributed by atoms with Gasteiger partial charge in [0.15, 0.2) is 6.10 Å². The number of carboxylic acids is 1. The number of aliphatic carboxylic acids is 1. The van der Waals surface area contributed by atoms with Crippen LogP contribution >= 0.6 is 11.6 Å². The normalized spacial score (nSPS) is 15.1. The molecule has 4 aromatic rings. The molecular formula is C37H43ClN2O4. The maximum atomic E-state index is 13.5. The lowest BCUT2D eigenvalue weighted by atomic mass is 9.85. The van der Waals surface area contributed by atoms with Crippen LogP contribution in [0.3, 0.4) is 0 Å². The van der Waals surface area contributed by atoms with Crippen LogP contribution in [0.15, 0.2) is 60.7 Å². The maximum absolute atomic E-state index is 13.5. The van der Waals surface area contributed by atoms with Crippen molar-refractivity contribution in [2.24, 2.45) is 5.92 Å². The van der Waals surface area contributed by atoms with E-state index in [-0.39, 0.29) is 17.4 Å². The first-order chi connectivity index (χ1) is 20.8. The Morgan fingerprint density at radius 1 is 1.05 bits per heavy atom. The monoisotopic (exact) mass is 614 g/mol. The van der Waals surface area contributed by atoms with Crippen LogP contribution in [0, 0.1) is 12.8 Å². The average molecular weight is 615 g/mol. The van der Waals surface area contributed by atoms with Crippen LogP contribution < -0.4 is 10.1 Å². The molecule has 1 aliphatic rings. The molecule has 0 aliphatic heterocycles. The Kier molecular flexibility index (Phi) is 9.12. The lowest BCUT2D eigenvalue weighted by Gasteiger charge is -2.27. The number of ether oxygens (including phenoxy) is 1. The van der Waals surface area contributed by atoms with Gasteiger partial charge in [0.05, 0.1) is 6.04 Å². The lowest BCUT2D eigenvalue weighted by molar-refractivity contribution is -0.144. The van der Waals surface area contributed by atoms with Crippen molar-refractivity contribution in [3.63, 3.8) is 0 Å². The molecule has 44 heavy (non-hydrogen) atoms. The highest BCUT2D eigenvalue weighted by Crippen LogP contribution is 2.35. The highest BCUT2D eigenvalue weighted by atomic mass is 35.5. The van der Waals surface area contributed by atoms with E-state index in [4.69, 9.17) is 16.3 Å². The van der Waals surface area contributed by atoms with Gasteiger partial charge in [-0.15, -0.1) is 0 Å². The number of carbonyl (C=O) groups excluding carboxylic acids is 1. The van der Waals surface area contributed by atoms with Gasteiger partial charge in [-0.05, 0) is 97.5 Å². The number of nitrogens with one attached hydrogen (secondary N) is 1. The molecule has 2 N–H and O–H groups in total. The van der Waals surface area contributed by atoms with Crippen molar-refractivity contribution in [2.75, 3.05) is 0 Å². The zero-order valence-corrected chi connectivity index (χ0v) is 27.3. The SMILES string of the molecule is Cc1c(Cc2cc(Cl)cc(O[C@H](C)C(=O)O)c2)c2ccc(C(=O)N[C@@H](C)c3ccc(C(C)(C)C)cc3)cc2n1CC1CCC1. The van der Waals surface area contributed by atoms with E-state index < -0.39 is 12.1 Å². The number of carbonyl (C=O) groups is 2. The van der Waals surface area contributed by atoms with Crippen LogP contribution in [0.1, 0.15) is 98.2 Å². The molecule has 0 bridgehead atoms. The molecule has 0 spiro atoms. The molecule has 1 aromatic heterocycles. The van der Waals surface area contributed by atoms with Crippen molar-refractivity contribution in [3.05, 3.63) is 99.2 Å². The van der Waals surface area contributed by atoms with Crippen molar-refractivity contribution in [1.82, 2.24) is 9.88 Å². The topological polar surface area (TPSA) is 80.6 Å². The van der Waals surface area contributed by atoms with Gasteiger partial charge in [-0.25, -0.2) is 4.79 Å². The smallest absolute Gasteiger partial charge is 0.344 e. The standard InChI is InChI=1S/C37H43ClN2O4/c1-22(27-10-13-29(14-11-27)37(4,5)6)39-35(41)28-12-15-32-33(23(2)40(34(32)19-28)21-25-8-7-9-25)18-26-16-30(38)20-31(17-26)44-24(3)36(42)43/h10-17,19-20,22,24-25H,7-9,18,21H2,1-6H3,(H,39,41)(H,42,43)/t22-,24+/m0/s1. The summed E-state index contributed by atoms with van der Waals surface area (Å²) in [4.78, 5) is 24.8. The molecule has 0 unspecified atom stereocenters. The molecule has 1 amide bonds. The Labute approximate surface area is 265 Å². The number of nitrogens with zero attached hydrogens (tertiary/aromatic N) is 1. The van der Waals surface area contributed by atoms with Gasteiger partial charge in [0, 0.05) is 40.1 Å². The van der Waals surface area contributed by atoms with Crippen LogP contribution in [-0.4, -0.2) is 27.7 Å². The second-order valence-electron chi connectivity index (χ2n) is 13.3. The first-order valence-electron chi connectivity index (χ1n) is 15.5. The number of amides is 1. The second kappa shape index (κ2) is 12.7. The van der Waals surface area contributed by atoms with E-state index in [0.29, 0.717) is 28.7 Å². The third-order valence-electron chi connectivity index (χ3n) is 8.98. The molecule has 3 aromatic carbocycles. The van der Waals surface area contributed by atoms with Gasteiger partial charge >= 0.3 is 5.97 Å². The number of fused-ring (bicyclic) bond motifs is 1. The number of hydrogen-bond acceptors (Lipinski definition) is 3. The second-order valence-corrected chi connectivity index (χ2v) is 13.8. The zero-order chi connectivity index (χ0) is 31.8. The van der Waals surface area contributed by atoms with Crippen molar-refractivity contribution >= 4 is 34.4 Å². The van der Waals surface area contributed by atoms with Gasteiger partial charge in [0.25, 0.3) is 5.91 Å². The first kappa shape index (κ1) is 31.6.